The molecule has 1 aliphatic heterocycles. The van der Waals surface area contributed by atoms with Crippen LogP contribution in [0.15, 0.2) is 215 Å². The van der Waals surface area contributed by atoms with Crippen LogP contribution in [0.5, 0.6) is 0 Å². The lowest BCUT2D eigenvalue weighted by Gasteiger charge is -2.24. The lowest BCUT2D eigenvalue weighted by Crippen LogP contribution is -2.33. The second-order valence-electron chi connectivity index (χ2n) is 14.6. The average molecular weight is 730 g/mol. The fraction of sp³-hybridized carbons (Fsp3) is 0.0189. The van der Waals surface area contributed by atoms with E-state index in [2.05, 4.69) is 199 Å². The van der Waals surface area contributed by atoms with E-state index in [1.54, 1.807) is 0 Å². The zero-order chi connectivity index (χ0) is 37.7. The standard InChI is InChI=1S/C53H35N3O/c1-3-11-34(12-4-1)38-17-9-18-43(30-38)51-54-52(44-25-21-36-15-7-8-16-37(36)31-44)56-53(55-51)45-26-23-39-29-42(24-22-40(39)32-45)46-19-10-20-49-50(46)47-33-41(27-28-48(47)57-49)35-13-5-2-6-14-35/h1-33,53H,(H,54,55,56). The molecule has 268 valence electrons. The lowest BCUT2D eigenvalue weighted by molar-refractivity contribution is 0.669. The number of furan rings is 1. The SMILES string of the molecule is c1ccc(-c2cccc(C3=NC(c4ccc5cc(-c6cccc7oc8ccc(-c9ccccc9)cc8c67)ccc5c4)NC(c4ccc5ccccc5c4)=N3)c2)cc1. The maximum Gasteiger partial charge on any atom is 0.159 e. The molecule has 11 rings (SSSR count). The molecule has 9 aromatic carbocycles. The van der Waals surface area contributed by atoms with Gasteiger partial charge < -0.3 is 9.73 Å². The number of benzene rings is 9. The number of nitrogens with zero attached hydrogens (tertiary/aromatic N) is 2. The molecule has 2 heterocycles. The molecule has 4 heteroatoms. The van der Waals surface area contributed by atoms with Crippen molar-refractivity contribution in [2.75, 3.05) is 0 Å². The Labute approximate surface area is 330 Å². The molecule has 1 unspecified atom stereocenters. The van der Waals surface area contributed by atoms with Crippen molar-refractivity contribution in [3.8, 4) is 33.4 Å². The van der Waals surface area contributed by atoms with Gasteiger partial charge in [-0.1, -0.05) is 158 Å². The first kappa shape index (κ1) is 32.8. The molecular weight excluding hydrogens is 695 g/mol. The van der Waals surface area contributed by atoms with E-state index in [9.17, 15) is 0 Å². The van der Waals surface area contributed by atoms with Gasteiger partial charge >= 0.3 is 0 Å². The van der Waals surface area contributed by atoms with E-state index in [0.717, 1.165) is 77.5 Å². The van der Waals surface area contributed by atoms with Crippen LogP contribution in [0.2, 0.25) is 0 Å². The zero-order valence-electron chi connectivity index (χ0n) is 30.9. The van der Waals surface area contributed by atoms with Gasteiger partial charge in [-0.15, -0.1) is 0 Å². The molecule has 1 aromatic heterocycles. The fourth-order valence-electron chi connectivity index (χ4n) is 8.18. The first-order valence-electron chi connectivity index (χ1n) is 19.3. The molecule has 10 aromatic rings. The van der Waals surface area contributed by atoms with Crippen molar-refractivity contribution >= 4 is 55.2 Å². The molecule has 0 saturated carbocycles. The largest absolute Gasteiger partial charge is 0.456 e. The van der Waals surface area contributed by atoms with Crippen LogP contribution in [0.25, 0.3) is 76.9 Å². The monoisotopic (exact) mass is 729 g/mol. The normalized spacial score (nSPS) is 14.1. The molecular formula is C53H35N3O. The third-order valence-corrected chi connectivity index (χ3v) is 11.1. The highest BCUT2D eigenvalue weighted by Gasteiger charge is 2.22. The number of rotatable bonds is 6. The zero-order valence-corrected chi connectivity index (χ0v) is 30.9. The molecule has 0 aliphatic carbocycles. The van der Waals surface area contributed by atoms with Gasteiger partial charge in [0.1, 0.15) is 23.2 Å². The first-order valence-corrected chi connectivity index (χ1v) is 19.3. The Hall–Kier alpha value is -7.56. The Kier molecular flexibility index (Phi) is 7.85. The van der Waals surface area contributed by atoms with Crippen LogP contribution in [-0.2, 0) is 0 Å². The minimum absolute atomic E-state index is 0.340. The van der Waals surface area contributed by atoms with Crippen LogP contribution in [0.1, 0.15) is 22.9 Å². The van der Waals surface area contributed by atoms with Gasteiger partial charge in [-0.25, -0.2) is 9.98 Å². The summed E-state index contributed by atoms with van der Waals surface area (Å²) in [6, 6.07) is 70.6. The van der Waals surface area contributed by atoms with Gasteiger partial charge in [-0.2, -0.15) is 0 Å². The van der Waals surface area contributed by atoms with Crippen molar-refractivity contribution in [1.82, 2.24) is 5.32 Å². The van der Waals surface area contributed by atoms with E-state index in [0.29, 0.717) is 5.84 Å². The highest BCUT2D eigenvalue weighted by atomic mass is 16.3. The molecule has 0 amide bonds. The molecule has 1 atom stereocenters. The van der Waals surface area contributed by atoms with Crippen molar-refractivity contribution < 1.29 is 4.42 Å². The van der Waals surface area contributed by atoms with Gasteiger partial charge in [0.25, 0.3) is 0 Å². The smallest absolute Gasteiger partial charge is 0.159 e. The van der Waals surface area contributed by atoms with Crippen LogP contribution in [-0.4, -0.2) is 11.7 Å². The highest BCUT2D eigenvalue weighted by molar-refractivity contribution is 6.15. The van der Waals surface area contributed by atoms with E-state index in [1.165, 1.54) is 21.9 Å². The Morgan fingerprint density at radius 3 is 1.86 bits per heavy atom. The van der Waals surface area contributed by atoms with Crippen LogP contribution in [0.3, 0.4) is 0 Å². The summed E-state index contributed by atoms with van der Waals surface area (Å²) >= 11 is 0. The van der Waals surface area contributed by atoms with Gasteiger partial charge in [0, 0.05) is 21.9 Å². The van der Waals surface area contributed by atoms with Crippen molar-refractivity contribution in [1.29, 1.82) is 0 Å². The second kappa shape index (κ2) is 13.6. The topological polar surface area (TPSA) is 49.9 Å². The van der Waals surface area contributed by atoms with E-state index >= 15 is 0 Å². The Balaban J connectivity index is 0.983. The quantitative estimate of drug-likeness (QED) is 0.185. The predicted molar refractivity (Wildman–Crippen MR) is 237 cm³/mol. The molecule has 0 spiro atoms. The maximum atomic E-state index is 6.38. The van der Waals surface area contributed by atoms with Gasteiger partial charge in [0.2, 0.25) is 0 Å². The summed E-state index contributed by atoms with van der Waals surface area (Å²) in [6.07, 6.45) is -0.340. The van der Waals surface area contributed by atoms with Crippen LogP contribution in [0, 0.1) is 0 Å². The van der Waals surface area contributed by atoms with Crippen molar-refractivity contribution in [3.05, 3.63) is 217 Å². The second-order valence-corrected chi connectivity index (χ2v) is 14.6. The fourth-order valence-corrected chi connectivity index (χ4v) is 8.18. The Bertz CT molecular complexity index is 3210. The van der Waals surface area contributed by atoms with Crippen LogP contribution in [0.4, 0.5) is 0 Å². The van der Waals surface area contributed by atoms with Crippen LogP contribution >= 0.6 is 0 Å². The molecule has 0 radical (unpaired) electrons. The lowest BCUT2D eigenvalue weighted by atomic mass is 9.95. The van der Waals surface area contributed by atoms with Gasteiger partial charge in [0.15, 0.2) is 5.84 Å². The maximum absolute atomic E-state index is 6.38. The van der Waals surface area contributed by atoms with Crippen molar-refractivity contribution in [2.24, 2.45) is 9.98 Å². The summed E-state index contributed by atoms with van der Waals surface area (Å²) in [5.74, 6) is 1.50. The number of aliphatic imine (C=N–C) groups is 2. The molecule has 4 nitrogen and oxygen atoms in total. The number of amidine groups is 2. The number of hydrogen-bond donors (Lipinski definition) is 1. The van der Waals surface area contributed by atoms with Gasteiger partial charge in [-0.05, 0) is 103 Å². The first-order chi connectivity index (χ1) is 28.2. The van der Waals surface area contributed by atoms with Crippen molar-refractivity contribution in [3.63, 3.8) is 0 Å². The molecule has 0 fully saturated rings. The predicted octanol–water partition coefficient (Wildman–Crippen LogP) is 13.4. The van der Waals surface area contributed by atoms with Gasteiger partial charge in [-0.3, -0.25) is 0 Å². The number of hydrogen-bond acceptors (Lipinski definition) is 4. The van der Waals surface area contributed by atoms with Crippen molar-refractivity contribution in [2.45, 2.75) is 6.17 Å². The molecule has 1 N–H and O–H groups in total. The van der Waals surface area contributed by atoms with E-state index in [-0.39, 0.29) is 6.17 Å². The van der Waals surface area contributed by atoms with E-state index < -0.39 is 0 Å². The third kappa shape index (κ3) is 6.05. The third-order valence-electron chi connectivity index (χ3n) is 11.1. The van der Waals surface area contributed by atoms with E-state index in [1.807, 2.05) is 6.07 Å². The summed E-state index contributed by atoms with van der Waals surface area (Å²) in [5.41, 5.74) is 11.8. The summed E-state index contributed by atoms with van der Waals surface area (Å²) in [7, 11) is 0. The van der Waals surface area contributed by atoms with E-state index in [4.69, 9.17) is 14.4 Å². The average Bonchev–Trinajstić information content (AvgIpc) is 3.67. The molecule has 0 saturated heterocycles. The molecule has 0 bridgehead atoms. The Morgan fingerprint density at radius 1 is 0.404 bits per heavy atom. The minimum Gasteiger partial charge on any atom is -0.456 e. The highest BCUT2D eigenvalue weighted by Crippen LogP contribution is 2.39. The summed E-state index contributed by atoms with van der Waals surface area (Å²) in [6.45, 7) is 0. The minimum atomic E-state index is -0.340. The summed E-state index contributed by atoms with van der Waals surface area (Å²) in [4.78, 5) is 10.4. The van der Waals surface area contributed by atoms with Crippen LogP contribution < -0.4 is 5.32 Å². The van der Waals surface area contributed by atoms with Gasteiger partial charge in [0.05, 0.1) is 0 Å². The Morgan fingerprint density at radius 2 is 1.02 bits per heavy atom. The molecule has 1 aliphatic rings. The number of nitrogens with one attached hydrogen (secondary N) is 1. The summed E-state index contributed by atoms with van der Waals surface area (Å²) in [5, 5.41) is 10.6. The molecule has 57 heavy (non-hydrogen) atoms. The number of fused-ring (bicyclic) bond motifs is 5. The summed E-state index contributed by atoms with van der Waals surface area (Å²) < 4.78 is 6.38.